The van der Waals surface area contributed by atoms with Crippen molar-refractivity contribution in [3.63, 3.8) is 0 Å². The molecule has 1 fully saturated rings. The third-order valence-electron chi connectivity index (χ3n) is 2.92. The summed E-state index contributed by atoms with van der Waals surface area (Å²) in [5.74, 6) is 0.257. The summed E-state index contributed by atoms with van der Waals surface area (Å²) in [6, 6.07) is -0.276. The van der Waals surface area contributed by atoms with Gasteiger partial charge in [0.15, 0.2) is 0 Å². The Morgan fingerprint density at radius 1 is 1.67 bits per heavy atom. The molecule has 5 nitrogen and oxygen atoms in total. The van der Waals surface area contributed by atoms with E-state index in [9.17, 15) is 8.42 Å². The van der Waals surface area contributed by atoms with Crippen LogP contribution < -0.4 is 4.72 Å². The van der Waals surface area contributed by atoms with E-state index in [2.05, 4.69) is 9.71 Å². The number of hydrogen-bond acceptors (Lipinski definition) is 5. The highest BCUT2D eigenvalue weighted by Crippen LogP contribution is 2.19. The van der Waals surface area contributed by atoms with Crippen LogP contribution in [0.4, 0.5) is 0 Å². The van der Waals surface area contributed by atoms with Gasteiger partial charge in [-0.05, 0) is 26.2 Å². The first-order valence-electron chi connectivity index (χ1n) is 5.96. The standard InChI is InChI=1S/C11H18N2O3S2/c1-8(11-6-17-9(2)12-11)13-18(14,15)7-10-3-4-16-5-10/h6,8,10,13H,3-5,7H2,1-2H3. The summed E-state index contributed by atoms with van der Waals surface area (Å²) in [4.78, 5) is 4.29. The van der Waals surface area contributed by atoms with Crippen LogP contribution in [0.15, 0.2) is 5.38 Å². The van der Waals surface area contributed by atoms with Crippen LogP contribution in [0.3, 0.4) is 0 Å². The molecule has 2 atom stereocenters. The third kappa shape index (κ3) is 3.74. The molecular formula is C11H18N2O3S2. The average Bonchev–Trinajstić information content (AvgIpc) is 2.87. The highest BCUT2D eigenvalue weighted by Gasteiger charge is 2.25. The van der Waals surface area contributed by atoms with Crippen LogP contribution in [0, 0.1) is 12.8 Å². The molecule has 102 valence electrons. The third-order valence-corrected chi connectivity index (χ3v) is 5.33. The molecule has 0 radical (unpaired) electrons. The molecule has 0 amide bonds. The number of aromatic nitrogens is 1. The Kier molecular flexibility index (Phi) is 4.37. The highest BCUT2D eigenvalue weighted by atomic mass is 32.2. The van der Waals surface area contributed by atoms with Crippen molar-refractivity contribution in [3.05, 3.63) is 16.1 Å². The van der Waals surface area contributed by atoms with Crippen molar-refractivity contribution in [2.75, 3.05) is 19.0 Å². The fourth-order valence-corrected chi connectivity index (χ4v) is 4.33. The zero-order chi connectivity index (χ0) is 13.2. The van der Waals surface area contributed by atoms with Gasteiger partial charge in [0, 0.05) is 12.0 Å². The van der Waals surface area contributed by atoms with Gasteiger partial charge in [-0.2, -0.15) is 0 Å². The lowest BCUT2D eigenvalue weighted by atomic mass is 10.2. The number of nitrogens with one attached hydrogen (secondary N) is 1. The van der Waals surface area contributed by atoms with Crippen molar-refractivity contribution >= 4 is 21.4 Å². The van der Waals surface area contributed by atoms with Gasteiger partial charge in [-0.15, -0.1) is 11.3 Å². The van der Waals surface area contributed by atoms with Crippen LogP contribution in [0.25, 0.3) is 0 Å². The zero-order valence-electron chi connectivity index (χ0n) is 10.5. The minimum atomic E-state index is -3.27. The van der Waals surface area contributed by atoms with Crippen molar-refractivity contribution in [1.82, 2.24) is 9.71 Å². The normalized spacial score (nSPS) is 22.2. The number of hydrogen-bond donors (Lipinski definition) is 1. The molecular weight excluding hydrogens is 272 g/mol. The van der Waals surface area contributed by atoms with Crippen LogP contribution >= 0.6 is 11.3 Å². The Bertz CT molecular complexity index is 492. The van der Waals surface area contributed by atoms with E-state index in [0.717, 1.165) is 17.1 Å². The summed E-state index contributed by atoms with van der Waals surface area (Å²) in [5.41, 5.74) is 0.781. The van der Waals surface area contributed by atoms with Crippen LogP contribution in [0.1, 0.15) is 30.1 Å². The molecule has 1 N–H and O–H groups in total. The number of nitrogens with zero attached hydrogens (tertiary/aromatic N) is 1. The minimum absolute atomic E-state index is 0.117. The van der Waals surface area contributed by atoms with E-state index in [-0.39, 0.29) is 17.7 Å². The van der Waals surface area contributed by atoms with Gasteiger partial charge in [-0.1, -0.05) is 0 Å². The van der Waals surface area contributed by atoms with E-state index in [1.165, 1.54) is 11.3 Å². The molecule has 1 aliphatic heterocycles. The fourth-order valence-electron chi connectivity index (χ4n) is 1.98. The van der Waals surface area contributed by atoms with Gasteiger partial charge in [-0.25, -0.2) is 18.1 Å². The van der Waals surface area contributed by atoms with Crippen LogP contribution in [-0.2, 0) is 14.8 Å². The second-order valence-corrected chi connectivity index (χ2v) is 7.50. The number of aryl methyl sites for hydroxylation is 1. The first-order valence-corrected chi connectivity index (χ1v) is 8.49. The molecule has 18 heavy (non-hydrogen) atoms. The highest BCUT2D eigenvalue weighted by molar-refractivity contribution is 7.89. The van der Waals surface area contributed by atoms with Crippen LogP contribution in [0.5, 0.6) is 0 Å². The molecule has 2 unspecified atom stereocenters. The van der Waals surface area contributed by atoms with Gasteiger partial charge in [0.25, 0.3) is 0 Å². The summed E-state index contributed by atoms with van der Waals surface area (Å²) in [7, 11) is -3.27. The summed E-state index contributed by atoms with van der Waals surface area (Å²) >= 11 is 1.53. The topological polar surface area (TPSA) is 68.3 Å². The zero-order valence-corrected chi connectivity index (χ0v) is 12.2. The van der Waals surface area contributed by atoms with Gasteiger partial charge < -0.3 is 4.74 Å². The molecule has 1 saturated heterocycles. The SMILES string of the molecule is Cc1nc(C(C)NS(=O)(=O)CC2CCOC2)cs1. The maximum atomic E-state index is 12.0. The van der Waals surface area contributed by atoms with E-state index in [1.807, 2.05) is 19.2 Å². The monoisotopic (exact) mass is 290 g/mol. The number of rotatable bonds is 5. The molecule has 1 aliphatic rings. The molecule has 1 aromatic heterocycles. The molecule has 0 bridgehead atoms. The summed E-state index contributed by atoms with van der Waals surface area (Å²) in [6.45, 7) is 4.94. The van der Waals surface area contributed by atoms with Gasteiger partial charge in [-0.3, -0.25) is 0 Å². The molecule has 2 heterocycles. The van der Waals surface area contributed by atoms with Gasteiger partial charge in [0.05, 0.1) is 29.1 Å². The quantitative estimate of drug-likeness (QED) is 0.891. The number of ether oxygens (including phenoxy) is 1. The Labute approximate surface area is 112 Å². The van der Waals surface area contributed by atoms with Gasteiger partial charge in [0.1, 0.15) is 0 Å². The molecule has 0 aliphatic carbocycles. The largest absolute Gasteiger partial charge is 0.381 e. The van der Waals surface area contributed by atoms with Crippen molar-refractivity contribution < 1.29 is 13.2 Å². The average molecular weight is 290 g/mol. The number of thiazole rings is 1. The Morgan fingerprint density at radius 2 is 2.44 bits per heavy atom. The predicted octanol–water partition coefficient (Wildman–Crippen LogP) is 1.47. The summed E-state index contributed by atoms with van der Waals surface area (Å²) < 4.78 is 31.8. The van der Waals surface area contributed by atoms with Gasteiger partial charge in [0.2, 0.25) is 10.0 Å². The van der Waals surface area contributed by atoms with Crippen molar-refractivity contribution in [3.8, 4) is 0 Å². The second kappa shape index (κ2) is 5.64. The Balaban J connectivity index is 1.94. The van der Waals surface area contributed by atoms with Crippen molar-refractivity contribution in [2.45, 2.75) is 26.3 Å². The molecule has 2 rings (SSSR count). The summed E-state index contributed by atoms with van der Waals surface area (Å²) in [5, 5.41) is 2.83. The van der Waals surface area contributed by atoms with Gasteiger partial charge >= 0.3 is 0 Å². The van der Waals surface area contributed by atoms with Crippen LogP contribution in [-0.4, -0.2) is 32.4 Å². The Hall–Kier alpha value is -0.500. The van der Waals surface area contributed by atoms with E-state index >= 15 is 0 Å². The first-order chi connectivity index (χ1) is 8.46. The predicted molar refractivity (Wildman–Crippen MR) is 71.1 cm³/mol. The maximum Gasteiger partial charge on any atom is 0.212 e. The number of sulfonamides is 1. The first kappa shape index (κ1) is 13.9. The van der Waals surface area contributed by atoms with E-state index in [4.69, 9.17) is 4.74 Å². The van der Waals surface area contributed by atoms with Crippen molar-refractivity contribution in [2.24, 2.45) is 5.92 Å². The lowest BCUT2D eigenvalue weighted by Gasteiger charge is -2.14. The van der Waals surface area contributed by atoms with Crippen LogP contribution in [0.2, 0.25) is 0 Å². The van der Waals surface area contributed by atoms with E-state index < -0.39 is 10.0 Å². The van der Waals surface area contributed by atoms with E-state index in [1.54, 1.807) is 0 Å². The Morgan fingerprint density at radius 3 is 3.00 bits per heavy atom. The lowest BCUT2D eigenvalue weighted by molar-refractivity contribution is 0.188. The molecule has 7 heteroatoms. The molecule has 0 spiro atoms. The van der Waals surface area contributed by atoms with E-state index in [0.29, 0.717) is 13.2 Å². The van der Waals surface area contributed by atoms with Crippen molar-refractivity contribution in [1.29, 1.82) is 0 Å². The lowest BCUT2D eigenvalue weighted by Crippen LogP contribution is -2.32. The molecule has 0 saturated carbocycles. The smallest absolute Gasteiger partial charge is 0.212 e. The summed E-state index contributed by atoms with van der Waals surface area (Å²) in [6.07, 6.45) is 0.825. The maximum absolute atomic E-state index is 12.0. The second-order valence-electron chi connectivity index (χ2n) is 4.64. The minimum Gasteiger partial charge on any atom is -0.381 e. The molecule has 1 aromatic rings. The fraction of sp³-hybridized carbons (Fsp3) is 0.727. The molecule has 0 aromatic carbocycles.